The summed E-state index contributed by atoms with van der Waals surface area (Å²) < 4.78 is 0. The SMILES string of the molecule is CCCCC(NC(=O)[C@@H]1[C@H]2CCC[C@H]2CN1C(=O)[C@@H](NC(=O)[C@@H](NC(=O)c1cnccn1)C1CCCCC1)C(C)(C)C)C(O)C(=O)NC1CC1. The minimum atomic E-state index is -1.40. The third-order valence-electron chi connectivity index (χ3n) is 11.1. The van der Waals surface area contributed by atoms with Crippen molar-refractivity contribution in [1.29, 1.82) is 0 Å². The van der Waals surface area contributed by atoms with Crippen LogP contribution in [0.2, 0.25) is 0 Å². The maximum atomic E-state index is 14.7. The van der Waals surface area contributed by atoms with Gasteiger partial charge in [0, 0.05) is 25.0 Å². The molecule has 276 valence electrons. The smallest absolute Gasteiger partial charge is 0.272 e. The number of carbonyl (C=O) groups excluding carboxylic acids is 5. The average molecular weight is 696 g/mol. The van der Waals surface area contributed by atoms with Crippen LogP contribution in [0.25, 0.3) is 0 Å². The van der Waals surface area contributed by atoms with Gasteiger partial charge in [0.15, 0.2) is 6.10 Å². The van der Waals surface area contributed by atoms with Crippen LogP contribution in [-0.4, -0.2) is 92.4 Å². The number of aliphatic hydroxyl groups excluding tert-OH is 1. The highest BCUT2D eigenvalue weighted by molar-refractivity contribution is 5.98. The molecule has 7 atom stereocenters. The second-order valence-electron chi connectivity index (χ2n) is 16.0. The molecule has 3 aliphatic carbocycles. The predicted molar refractivity (Wildman–Crippen MR) is 186 cm³/mol. The molecule has 13 heteroatoms. The van der Waals surface area contributed by atoms with E-state index in [1.165, 1.54) is 18.6 Å². The van der Waals surface area contributed by atoms with E-state index in [0.717, 1.165) is 70.6 Å². The highest BCUT2D eigenvalue weighted by Crippen LogP contribution is 2.43. The largest absolute Gasteiger partial charge is 0.381 e. The maximum absolute atomic E-state index is 14.7. The summed E-state index contributed by atoms with van der Waals surface area (Å²) in [5.74, 6) is -2.16. The first kappa shape index (κ1) is 37.6. The van der Waals surface area contributed by atoms with Gasteiger partial charge in [0.05, 0.1) is 12.2 Å². The Labute approximate surface area is 295 Å². The number of aromatic nitrogens is 2. The number of nitrogens with one attached hydrogen (secondary N) is 4. The normalized spacial score (nSPS) is 24.7. The molecule has 5 N–H and O–H groups in total. The second-order valence-corrected chi connectivity index (χ2v) is 16.0. The number of rotatable bonds is 14. The molecule has 1 aliphatic heterocycles. The molecule has 0 spiro atoms. The molecule has 1 aromatic heterocycles. The number of likely N-dealkylation sites (tertiary alicyclic amines) is 1. The van der Waals surface area contributed by atoms with Crippen LogP contribution in [0.3, 0.4) is 0 Å². The summed E-state index contributed by atoms with van der Waals surface area (Å²) in [4.78, 5) is 78.8. The summed E-state index contributed by atoms with van der Waals surface area (Å²) in [5.41, 5.74) is -0.618. The monoisotopic (exact) mass is 695 g/mol. The fraction of sp³-hybridized carbons (Fsp3) is 0.757. The summed E-state index contributed by atoms with van der Waals surface area (Å²) in [7, 11) is 0. The van der Waals surface area contributed by atoms with Gasteiger partial charge in [0.2, 0.25) is 17.7 Å². The maximum Gasteiger partial charge on any atom is 0.272 e. The number of hydrogen-bond donors (Lipinski definition) is 5. The Kier molecular flexibility index (Phi) is 12.5. The number of carbonyl (C=O) groups is 5. The molecule has 5 rings (SSSR count). The lowest BCUT2D eigenvalue weighted by atomic mass is 9.82. The fourth-order valence-electron chi connectivity index (χ4n) is 8.11. The lowest BCUT2D eigenvalue weighted by Crippen LogP contribution is -2.62. The first-order valence-corrected chi connectivity index (χ1v) is 18.9. The number of amides is 5. The number of unbranched alkanes of at least 4 members (excludes halogenated alkanes) is 1. The van der Waals surface area contributed by atoms with Gasteiger partial charge in [-0.25, -0.2) is 4.98 Å². The molecule has 1 saturated heterocycles. The molecule has 13 nitrogen and oxygen atoms in total. The Bertz CT molecular complexity index is 1360. The molecular formula is C37H57N7O6. The van der Waals surface area contributed by atoms with Crippen LogP contribution < -0.4 is 21.3 Å². The van der Waals surface area contributed by atoms with E-state index in [2.05, 4.69) is 31.2 Å². The van der Waals surface area contributed by atoms with E-state index in [1.54, 1.807) is 4.90 Å². The minimum Gasteiger partial charge on any atom is -0.381 e. The number of nitrogens with zero attached hydrogens (tertiary/aromatic N) is 3. The Balaban J connectivity index is 1.36. The van der Waals surface area contributed by atoms with Gasteiger partial charge in [0.1, 0.15) is 23.8 Å². The van der Waals surface area contributed by atoms with Gasteiger partial charge < -0.3 is 31.3 Å². The second kappa shape index (κ2) is 16.6. The highest BCUT2D eigenvalue weighted by Gasteiger charge is 2.52. The zero-order valence-corrected chi connectivity index (χ0v) is 30.2. The van der Waals surface area contributed by atoms with Crippen molar-refractivity contribution >= 4 is 29.5 Å². The van der Waals surface area contributed by atoms with Gasteiger partial charge in [-0.15, -0.1) is 0 Å². The van der Waals surface area contributed by atoms with Crippen molar-refractivity contribution < 1.29 is 29.1 Å². The van der Waals surface area contributed by atoms with Crippen LogP contribution in [0.4, 0.5) is 0 Å². The predicted octanol–water partition coefficient (Wildman–Crippen LogP) is 2.63. The average Bonchev–Trinajstić information content (AvgIpc) is 3.67. The molecular weight excluding hydrogens is 638 g/mol. The standard InChI is InChI=1S/C37H57N7O6/c1-5-6-15-26(30(45)35(49)40-24-16-17-24)41-34(48)29-25-14-10-13-23(25)21-44(29)36(50)31(37(2,3)4)43-33(47)28(22-11-8-7-9-12-22)42-32(46)27-20-38-18-19-39-27/h18-20,22-26,28-31,45H,5-17,21H2,1-4H3,(H,40,49)(H,41,48)(H,42,46)(H,43,47)/t23-,25-,26?,28-,29-,30?,31+/m0/s1. The van der Waals surface area contributed by atoms with E-state index in [0.29, 0.717) is 19.4 Å². The topological polar surface area (TPSA) is 183 Å². The highest BCUT2D eigenvalue weighted by atomic mass is 16.3. The van der Waals surface area contributed by atoms with E-state index in [1.807, 2.05) is 27.7 Å². The Hall–Kier alpha value is -3.61. The first-order valence-electron chi connectivity index (χ1n) is 18.9. The van der Waals surface area contributed by atoms with E-state index < -0.39 is 53.4 Å². The molecule has 2 heterocycles. The van der Waals surface area contributed by atoms with Crippen molar-refractivity contribution in [2.75, 3.05) is 6.54 Å². The van der Waals surface area contributed by atoms with Crippen LogP contribution in [0.1, 0.15) is 122 Å². The van der Waals surface area contributed by atoms with Gasteiger partial charge in [-0.2, -0.15) is 0 Å². The van der Waals surface area contributed by atoms with Crippen LogP contribution in [0, 0.1) is 23.2 Å². The molecule has 0 aromatic carbocycles. The summed E-state index contributed by atoms with van der Waals surface area (Å²) in [6.45, 7) is 8.04. The van der Waals surface area contributed by atoms with Gasteiger partial charge in [-0.3, -0.25) is 29.0 Å². The van der Waals surface area contributed by atoms with E-state index in [4.69, 9.17) is 0 Å². The lowest BCUT2D eigenvalue weighted by molar-refractivity contribution is -0.146. The molecule has 5 amide bonds. The molecule has 0 radical (unpaired) electrons. The molecule has 3 saturated carbocycles. The summed E-state index contributed by atoms with van der Waals surface area (Å²) in [6.07, 6.45) is 13.7. The summed E-state index contributed by atoms with van der Waals surface area (Å²) in [6, 6.07) is -3.35. The van der Waals surface area contributed by atoms with E-state index in [-0.39, 0.29) is 41.3 Å². The summed E-state index contributed by atoms with van der Waals surface area (Å²) >= 11 is 0. The van der Waals surface area contributed by atoms with Crippen molar-refractivity contribution in [1.82, 2.24) is 36.1 Å². The van der Waals surface area contributed by atoms with E-state index in [9.17, 15) is 29.1 Å². The Morgan fingerprint density at radius 2 is 1.66 bits per heavy atom. The van der Waals surface area contributed by atoms with Gasteiger partial charge in [-0.05, 0) is 68.1 Å². The van der Waals surface area contributed by atoms with Crippen molar-refractivity contribution in [3.63, 3.8) is 0 Å². The number of fused-ring (bicyclic) bond motifs is 1. The molecule has 4 aliphatic rings. The van der Waals surface area contributed by atoms with E-state index >= 15 is 0 Å². The van der Waals surface area contributed by atoms with Gasteiger partial charge >= 0.3 is 0 Å². The molecule has 1 aromatic rings. The zero-order chi connectivity index (χ0) is 36.0. The quantitative estimate of drug-likeness (QED) is 0.197. The number of hydrogen-bond acceptors (Lipinski definition) is 8. The number of aliphatic hydroxyl groups is 1. The Morgan fingerprint density at radius 1 is 0.920 bits per heavy atom. The van der Waals surface area contributed by atoms with Crippen LogP contribution in [0.15, 0.2) is 18.6 Å². The van der Waals surface area contributed by atoms with Crippen molar-refractivity contribution in [2.45, 2.75) is 147 Å². The van der Waals surface area contributed by atoms with Crippen LogP contribution in [-0.2, 0) is 19.2 Å². The third-order valence-corrected chi connectivity index (χ3v) is 11.1. The lowest BCUT2D eigenvalue weighted by Gasteiger charge is -2.38. The van der Waals surface area contributed by atoms with Crippen LogP contribution in [0.5, 0.6) is 0 Å². The van der Waals surface area contributed by atoms with Gasteiger partial charge in [-0.1, -0.05) is 66.2 Å². The zero-order valence-electron chi connectivity index (χ0n) is 30.2. The molecule has 2 unspecified atom stereocenters. The third kappa shape index (κ3) is 9.18. The van der Waals surface area contributed by atoms with Crippen LogP contribution >= 0.6 is 0 Å². The van der Waals surface area contributed by atoms with Crippen molar-refractivity contribution in [2.24, 2.45) is 23.2 Å². The summed E-state index contributed by atoms with van der Waals surface area (Å²) in [5, 5.41) is 22.8. The Morgan fingerprint density at radius 3 is 2.30 bits per heavy atom. The molecule has 50 heavy (non-hydrogen) atoms. The molecule has 0 bridgehead atoms. The molecule has 4 fully saturated rings. The minimum absolute atomic E-state index is 0.0548. The van der Waals surface area contributed by atoms with Crippen molar-refractivity contribution in [3.05, 3.63) is 24.3 Å². The fourth-order valence-corrected chi connectivity index (χ4v) is 8.11. The van der Waals surface area contributed by atoms with Gasteiger partial charge in [0.25, 0.3) is 11.8 Å². The first-order chi connectivity index (χ1) is 23.9. The van der Waals surface area contributed by atoms with Crippen molar-refractivity contribution in [3.8, 4) is 0 Å².